The van der Waals surface area contributed by atoms with E-state index >= 15 is 0 Å². The van der Waals surface area contributed by atoms with Gasteiger partial charge in [-0.15, -0.1) is 0 Å². The Labute approximate surface area is 133 Å². The maximum absolute atomic E-state index is 12.9. The molecule has 0 bridgehead atoms. The largest absolute Gasteiger partial charge is 0.465 e. The van der Waals surface area contributed by atoms with Crippen LogP contribution in [0.3, 0.4) is 0 Å². The van der Waals surface area contributed by atoms with Crippen LogP contribution in [-0.2, 0) is 9.53 Å². The maximum Gasteiger partial charge on any atom is 0.314 e. The Bertz CT molecular complexity index is 839. The maximum atomic E-state index is 12.9. The molecular weight excluding hydrogens is 294 g/mol. The van der Waals surface area contributed by atoms with E-state index in [-0.39, 0.29) is 11.4 Å². The van der Waals surface area contributed by atoms with Crippen molar-refractivity contribution in [3.63, 3.8) is 0 Å². The lowest BCUT2D eigenvalue weighted by atomic mass is 9.84. The summed E-state index contributed by atoms with van der Waals surface area (Å²) in [6.45, 7) is 2.10. The van der Waals surface area contributed by atoms with Crippen LogP contribution in [0.25, 0.3) is 10.9 Å². The van der Waals surface area contributed by atoms with E-state index in [0.717, 1.165) is 5.52 Å². The summed E-state index contributed by atoms with van der Waals surface area (Å²) < 4.78 is 5.17. The SMILES string of the molecule is CCOC(=O)C1CC/C(=N/NC)c2c1[nH]c1ccccc1c2=O. The van der Waals surface area contributed by atoms with E-state index in [1.165, 1.54) is 0 Å². The average Bonchev–Trinajstić information content (AvgIpc) is 2.55. The van der Waals surface area contributed by atoms with Crippen molar-refractivity contribution in [2.24, 2.45) is 5.10 Å². The predicted octanol–water partition coefficient (Wildman–Crippen LogP) is 1.89. The second-order valence-corrected chi connectivity index (χ2v) is 5.41. The number of nitrogens with one attached hydrogen (secondary N) is 2. The topological polar surface area (TPSA) is 83.5 Å². The molecule has 1 unspecified atom stereocenters. The summed E-state index contributed by atoms with van der Waals surface area (Å²) in [5.74, 6) is -0.763. The number of benzene rings is 1. The Morgan fingerprint density at radius 3 is 2.96 bits per heavy atom. The zero-order valence-electron chi connectivity index (χ0n) is 13.2. The molecule has 3 rings (SSSR count). The smallest absolute Gasteiger partial charge is 0.314 e. The van der Waals surface area contributed by atoms with Gasteiger partial charge in [0.15, 0.2) is 5.43 Å². The van der Waals surface area contributed by atoms with E-state index in [0.29, 0.717) is 41.8 Å². The van der Waals surface area contributed by atoms with Gasteiger partial charge in [-0.1, -0.05) is 12.1 Å². The number of carbonyl (C=O) groups excluding carboxylic acids is 1. The van der Waals surface area contributed by atoms with Crippen LogP contribution < -0.4 is 10.9 Å². The second kappa shape index (κ2) is 6.24. The van der Waals surface area contributed by atoms with E-state index in [2.05, 4.69) is 15.5 Å². The number of hydrogen-bond donors (Lipinski definition) is 2. The van der Waals surface area contributed by atoms with Crippen LogP contribution in [0.15, 0.2) is 34.2 Å². The Balaban J connectivity index is 2.27. The van der Waals surface area contributed by atoms with Crippen LogP contribution >= 0.6 is 0 Å². The third-order valence-corrected chi connectivity index (χ3v) is 4.06. The summed E-state index contributed by atoms with van der Waals surface area (Å²) in [5.41, 5.74) is 5.13. The first-order valence-electron chi connectivity index (χ1n) is 7.72. The van der Waals surface area contributed by atoms with Gasteiger partial charge in [0.1, 0.15) is 0 Å². The van der Waals surface area contributed by atoms with Gasteiger partial charge in [0.05, 0.1) is 23.8 Å². The lowest BCUT2D eigenvalue weighted by molar-refractivity contribution is -0.145. The molecule has 6 heteroatoms. The zero-order valence-corrected chi connectivity index (χ0v) is 13.2. The summed E-state index contributed by atoms with van der Waals surface area (Å²) >= 11 is 0. The molecule has 1 aliphatic carbocycles. The Morgan fingerprint density at radius 1 is 1.43 bits per heavy atom. The van der Waals surface area contributed by atoms with E-state index in [1.54, 1.807) is 20.0 Å². The molecule has 2 N–H and O–H groups in total. The molecule has 0 radical (unpaired) electrons. The Morgan fingerprint density at radius 2 is 2.22 bits per heavy atom. The molecular formula is C17H19N3O3. The predicted molar refractivity (Wildman–Crippen MR) is 88.8 cm³/mol. The van der Waals surface area contributed by atoms with Crippen molar-refractivity contribution < 1.29 is 9.53 Å². The number of para-hydroxylation sites is 1. The number of hydrazone groups is 1. The van der Waals surface area contributed by atoms with Gasteiger partial charge in [-0.2, -0.15) is 5.10 Å². The van der Waals surface area contributed by atoms with Crippen LogP contribution in [0.5, 0.6) is 0 Å². The zero-order chi connectivity index (χ0) is 16.4. The molecule has 1 aliphatic rings. The van der Waals surface area contributed by atoms with Gasteiger partial charge in [-0.05, 0) is 31.9 Å². The molecule has 1 atom stereocenters. The number of aromatic nitrogens is 1. The van der Waals surface area contributed by atoms with Crippen molar-refractivity contribution in [1.82, 2.24) is 10.4 Å². The van der Waals surface area contributed by atoms with E-state index in [1.807, 2.05) is 18.2 Å². The summed E-state index contributed by atoms with van der Waals surface area (Å²) in [4.78, 5) is 28.4. The van der Waals surface area contributed by atoms with Crippen molar-refractivity contribution >= 4 is 22.6 Å². The van der Waals surface area contributed by atoms with Crippen molar-refractivity contribution in [1.29, 1.82) is 0 Å². The second-order valence-electron chi connectivity index (χ2n) is 5.41. The van der Waals surface area contributed by atoms with Gasteiger partial charge in [-0.25, -0.2) is 0 Å². The van der Waals surface area contributed by atoms with E-state index in [4.69, 9.17) is 4.74 Å². The van der Waals surface area contributed by atoms with E-state index < -0.39 is 5.92 Å². The Kier molecular flexibility index (Phi) is 4.14. The van der Waals surface area contributed by atoms with Crippen molar-refractivity contribution in [3.8, 4) is 0 Å². The minimum absolute atomic E-state index is 0.0997. The third kappa shape index (κ3) is 2.60. The van der Waals surface area contributed by atoms with Gasteiger partial charge >= 0.3 is 5.97 Å². The van der Waals surface area contributed by atoms with Crippen LogP contribution in [0.1, 0.15) is 36.9 Å². The summed E-state index contributed by atoms with van der Waals surface area (Å²) in [7, 11) is 1.69. The fourth-order valence-electron chi connectivity index (χ4n) is 3.08. The molecule has 1 heterocycles. The quantitative estimate of drug-likeness (QED) is 0.669. The van der Waals surface area contributed by atoms with Gasteiger partial charge < -0.3 is 15.1 Å². The summed E-state index contributed by atoms with van der Waals surface area (Å²) in [6, 6.07) is 7.29. The van der Waals surface area contributed by atoms with Gasteiger partial charge in [0.25, 0.3) is 0 Å². The number of esters is 1. The molecule has 0 spiro atoms. The summed E-state index contributed by atoms with van der Waals surface area (Å²) in [6.07, 6.45) is 1.12. The third-order valence-electron chi connectivity index (χ3n) is 4.06. The lowest BCUT2D eigenvalue weighted by Crippen LogP contribution is -2.31. The standard InChI is InChI=1S/C17H19N3O3/c1-3-23-17(22)11-8-9-13(20-18-2)14-15(11)19-12-7-5-4-6-10(12)16(14)21/h4-7,11,18H,3,8-9H2,1-2H3,(H,19,21)/b20-13-. The molecule has 23 heavy (non-hydrogen) atoms. The van der Waals surface area contributed by atoms with Crippen molar-refractivity contribution in [2.75, 3.05) is 13.7 Å². The molecule has 0 fully saturated rings. The van der Waals surface area contributed by atoms with Crippen molar-refractivity contribution in [2.45, 2.75) is 25.7 Å². The minimum Gasteiger partial charge on any atom is -0.465 e. The minimum atomic E-state index is -0.460. The number of H-pyrrole nitrogens is 1. The first-order chi connectivity index (χ1) is 11.2. The molecule has 6 nitrogen and oxygen atoms in total. The number of hydrogen-bond acceptors (Lipinski definition) is 5. The molecule has 0 aliphatic heterocycles. The van der Waals surface area contributed by atoms with Crippen molar-refractivity contribution in [3.05, 3.63) is 45.7 Å². The van der Waals surface area contributed by atoms with Gasteiger partial charge in [0.2, 0.25) is 0 Å². The molecule has 1 aromatic heterocycles. The fraction of sp³-hybridized carbons (Fsp3) is 0.353. The molecule has 2 aromatic rings. The van der Waals surface area contributed by atoms with Crippen LogP contribution in [0, 0.1) is 0 Å². The number of nitrogens with zero attached hydrogens (tertiary/aromatic N) is 1. The van der Waals surface area contributed by atoms with Crippen LogP contribution in [0.2, 0.25) is 0 Å². The number of aromatic amines is 1. The molecule has 0 amide bonds. The molecule has 120 valence electrons. The lowest BCUT2D eigenvalue weighted by Gasteiger charge is -2.25. The first kappa shape index (κ1) is 15.3. The fourth-order valence-corrected chi connectivity index (χ4v) is 3.08. The summed E-state index contributed by atoms with van der Waals surface area (Å²) in [5, 5.41) is 4.82. The number of rotatable bonds is 3. The number of fused-ring (bicyclic) bond motifs is 2. The highest BCUT2D eigenvalue weighted by atomic mass is 16.5. The highest BCUT2D eigenvalue weighted by Crippen LogP contribution is 2.31. The normalized spacial score (nSPS) is 18.7. The van der Waals surface area contributed by atoms with E-state index in [9.17, 15) is 9.59 Å². The molecule has 1 aromatic carbocycles. The highest BCUT2D eigenvalue weighted by Gasteiger charge is 2.33. The number of ether oxygens (including phenoxy) is 1. The average molecular weight is 313 g/mol. The number of carbonyl (C=O) groups is 1. The van der Waals surface area contributed by atoms with Gasteiger partial charge in [0, 0.05) is 23.6 Å². The van der Waals surface area contributed by atoms with Crippen LogP contribution in [0.4, 0.5) is 0 Å². The molecule has 0 saturated heterocycles. The molecule has 0 saturated carbocycles. The highest BCUT2D eigenvalue weighted by molar-refractivity contribution is 6.06. The van der Waals surface area contributed by atoms with Gasteiger partial charge in [-0.3, -0.25) is 9.59 Å². The van der Waals surface area contributed by atoms with Crippen LogP contribution in [-0.4, -0.2) is 30.3 Å². The number of pyridine rings is 1. The first-order valence-corrected chi connectivity index (χ1v) is 7.72. The Hall–Kier alpha value is -2.63. The monoisotopic (exact) mass is 313 g/mol.